The number of H-pyrrole nitrogens is 1. The zero-order chi connectivity index (χ0) is 23.2. The minimum atomic E-state index is -3.53. The number of aromatic carboxylic acids is 1. The lowest BCUT2D eigenvalue weighted by molar-refractivity contribution is 0.0697. The van der Waals surface area contributed by atoms with Crippen molar-refractivity contribution in [3.63, 3.8) is 0 Å². The molecule has 0 unspecified atom stereocenters. The number of carboxylic acid groups (broad SMARTS) is 1. The summed E-state index contributed by atoms with van der Waals surface area (Å²) in [5, 5.41) is 22.4. The van der Waals surface area contributed by atoms with Crippen molar-refractivity contribution < 1.29 is 18.3 Å². The second-order valence-corrected chi connectivity index (χ2v) is 9.88. The van der Waals surface area contributed by atoms with Gasteiger partial charge in [-0.1, -0.05) is 24.3 Å². The Hall–Kier alpha value is -3.99. The number of carboxylic acids is 1. The maximum absolute atomic E-state index is 12.1. The molecule has 2 aromatic carbocycles. The third kappa shape index (κ3) is 4.35. The SMILES string of the molecule is CS(=O)(=O)c1[nH]nc2nc(Nc3ccc(-c4ccc(C(=O)O)cc4)cc3)nc(NC3CC3)c12. The molecule has 168 valence electrons. The zero-order valence-electron chi connectivity index (χ0n) is 17.5. The summed E-state index contributed by atoms with van der Waals surface area (Å²) in [4.78, 5) is 19.9. The van der Waals surface area contributed by atoms with Crippen LogP contribution in [0.5, 0.6) is 0 Å². The number of nitrogens with one attached hydrogen (secondary N) is 3. The maximum Gasteiger partial charge on any atom is 0.335 e. The molecule has 5 rings (SSSR count). The molecule has 4 aromatic rings. The van der Waals surface area contributed by atoms with Gasteiger partial charge >= 0.3 is 5.97 Å². The Kier molecular flexibility index (Phi) is 4.97. The van der Waals surface area contributed by atoms with Crippen LogP contribution in [-0.4, -0.2) is 52.0 Å². The van der Waals surface area contributed by atoms with E-state index in [1.54, 1.807) is 24.3 Å². The van der Waals surface area contributed by atoms with Crippen molar-refractivity contribution in [1.29, 1.82) is 0 Å². The van der Waals surface area contributed by atoms with E-state index >= 15 is 0 Å². The summed E-state index contributed by atoms with van der Waals surface area (Å²) in [5.41, 5.74) is 3.04. The fraction of sp³-hybridized carbons (Fsp3) is 0.182. The van der Waals surface area contributed by atoms with Gasteiger partial charge in [-0.05, 0) is 48.2 Å². The highest BCUT2D eigenvalue weighted by Crippen LogP contribution is 2.32. The topological polar surface area (TPSA) is 150 Å². The zero-order valence-corrected chi connectivity index (χ0v) is 18.3. The molecule has 10 nitrogen and oxygen atoms in total. The lowest BCUT2D eigenvalue weighted by atomic mass is 10.0. The quantitative estimate of drug-likeness (QED) is 0.322. The summed E-state index contributed by atoms with van der Waals surface area (Å²) in [6, 6.07) is 14.4. The smallest absolute Gasteiger partial charge is 0.335 e. The number of carbonyl (C=O) groups is 1. The molecule has 4 N–H and O–H groups in total. The number of rotatable bonds is 7. The molecule has 0 spiro atoms. The minimum absolute atomic E-state index is 0.00882. The number of hydrogen-bond acceptors (Lipinski definition) is 8. The number of fused-ring (bicyclic) bond motifs is 1. The first-order valence-electron chi connectivity index (χ1n) is 10.2. The predicted molar refractivity (Wildman–Crippen MR) is 124 cm³/mol. The summed E-state index contributed by atoms with van der Waals surface area (Å²) >= 11 is 0. The first kappa shape index (κ1) is 20.9. The first-order chi connectivity index (χ1) is 15.8. The van der Waals surface area contributed by atoms with Gasteiger partial charge in [0.2, 0.25) is 5.95 Å². The molecule has 1 saturated carbocycles. The number of aromatic nitrogens is 4. The third-order valence-corrected chi connectivity index (χ3v) is 6.31. The van der Waals surface area contributed by atoms with Crippen LogP contribution in [0, 0.1) is 0 Å². The number of benzene rings is 2. The maximum atomic E-state index is 12.1. The third-order valence-electron chi connectivity index (χ3n) is 5.28. The average Bonchev–Trinajstić information content (AvgIpc) is 3.48. The number of aromatic amines is 1. The Bertz CT molecular complexity index is 1460. The molecule has 2 heterocycles. The largest absolute Gasteiger partial charge is 0.478 e. The molecule has 0 radical (unpaired) electrons. The van der Waals surface area contributed by atoms with E-state index < -0.39 is 15.8 Å². The van der Waals surface area contributed by atoms with Gasteiger partial charge in [0.1, 0.15) is 11.2 Å². The molecule has 11 heteroatoms. The Labute approximate surface area is 189 Å². The van der Waals surface area contributed by atoms with Crippen molar-refractivity contribution in [2.75, 3.05) is 16.9 Å². The van der Waals surface area contributed by atoms with Crippen molar-refractivity contribution in [2.24, 2.45) is 0 Å². The fourth-order valence-corrected chi connectivity index (χ4v) is 4.20. The van der Waals surface area contributed by atoms with Crippen molar-refractivity contribution in [1.82, 2.24) is 20.2 Å². The summed E-state index contributed by atoms with van der Waals surface area (Å²) in [5.74, 6) is -0.251. The second kappa shape index (κ2) is 7.85. The van der Waals surface area contributed by atoms with Crippen LogP contribution in [-0.2, 0) is 9.84 Å². The predicted octanol–water partition coefficient (Wildman–Crippen LogP) is 3.44. The molecule has 0 bridgehead atoms. The number of anilines is 3. The molecule has 0 aliphatic heterocycles. The standard InChI is InChI=1S/C22H20N6O4S/c1-33(31,32)20-17-18(23-15-10-11-15)25-22(26-19(17)27-28-20)24-16-8-6-13(7-9-16)12-2-4-14(5-3-12)21(29)30/h2-9,15H,10-11H2,1H3,(H,29,30)(H3,23,24,25,26,27,28). The van der Waals surface area contributed by atoms with Crippen LogP contribution in [0.3, 0.4) is 0 Å². The van der Waals surface area contributed by atoms with Gasteiger partial charge in [-0.25, -0.2) is 13.2 Å². The van der Waals surface area contributed by atoms with Gasteiger partial charge in [0.15, 0.2) is 20.5 Å². The molecule has 33 heavy (non-hydrogen) atoms. The van der Waals surface area contributed by atoms with E-state index in [0.29, 0.717) is 11.2 Å². The highest BCUT2D eigenvalue weighted by Gasteiger charge is 2.27. The summed E-state index contributed by atoms with van der Waals surface area (Å²) in [6.45, 7) is 0. The van der Waals surface area contributed by atoms with Crippen molar-refractivity contribution in [2.45, 2.75) is 23.9 Å². The van der Waals surface area contributed by atoms with Gasteiger partial charge in [0.05, 0.1) is 5.56 Å². The van der Waals surface area contributed by atoms with E-state index in [-0.39, 0.29) is 28.2 Å². The second-order valence-electron chi connectivity index (χ2n) is 7.92. The van der Waals surface area contributed by atoms with Crippen molar-refractivity contribution in [3.05, 3.63) is 54.1 Å². The van der Waals surface area contributed by atoms with Gasteiger partial charge in [-0.3, -0.25) is 5.10 Å². The summed E-state index contributed by atoms with van der Waals surface area (Å²) < 4.78 is 24.3. The molecule has 1 aliphatic rings. The Morgan fingerprint density at radius 1 is 1.03 bits per heavy atom. The van der Waals surface area contributed by atoms with E-state index in [2.05, 4.69) is 30.8 Å². The van der Waals surface area contributed by atoms with E-state index in [9.17, 15) is 13.2 Å². The van der Waals surface area contributed by atoms with Gasteiger partial charge in [0.25, 0.3) is 0 Å². The van der Waals surface area contributed by atoms with Gasteiger partial charge in [0, 0.05) is 18.0 Å². The van der Waals surface area contributed by atoms with E-state index in [1.807, 2.05) is 24.3 Å². The fourth-order valence-electron chi connectivity index (χ4n) is 3.43. The average molecular weight is 465 g/mol. The summed E-state index contributed by atoms with van der Waals surface area (Å²) in [6.07, 6.45) is 3.11. The lowest BCUT2D eigenvalue weighted by Gasteiger charge is -2.10. The van der Waals surface area contributed by atoms with Crippen LogP contribution in [0.15, 0.2) is 53.6 Å². The van der Waals surface area contributed by atoms with Crippen molar-refractivity contribution in [3.8, 4) is 11.1 Å². The normalized spacial score (nSPS) is 13.7. The number of nitrogens with zero attached hydrogens (tertiary/aromatic N) is 3. The van der Waals surface area contributed by atoms with Crippen LogP contribution in [0.1, 0.15) is 23.2 Å². The van der Waals surface area contributed by atoms with Gasteiger partial charge in [-0.2, -0.15) is 15.1 Å². The van der Waals surface area contributed by atoms with Crippen LogP contribution in [0.25, 0.3) is 22.2 Å². The molecule has 0 amide bonds. The summed E-state index contributed by atoms with van der Waals surface area (Å²) in [7, 11) is -3.53. The molecule has 0 saturated heterocycles. The molecule has 2 aromatic heterocycles. The molecular formula is C22H20N6O4S. The highest BCUT2D eigenvalue weighted by atomic mass is 32.2. The highest BCUT2D eigenvalue weighted by molar-refractivity contribution is 7.90. The van der Waals surface area contributed by atoms with Crippen molar-refractivity contribution >= 4 is 44.3 Å². The van der Waals surface area contributed by atoms with Crippen LogP contribution < -0.4 is 10.6 Å². The first-order valence-corrected chi connectivity index (χ1v) is 12.1. The van der Waals surface area contributed by atoms with Gasteiger partial charge < -0.3 is 15.7 Å². The number of hydrogen-bond donors (Lipinski definition) is 4. The lowest BCUT2D eigenvalue weighted by Crippen LogP contribution is -2.08. The molecular weight excluding hydrogens is 444 g/mol. The van der Waals surface area contributed by atoms with Crippen LogP contribution in [0.4, 0.5) is 17.5 Å². The Morgan fingerprint density at radius 2 is 1.67 bits per heavy atom. The van der Waals surface area contributed by atoms with E-state index in [4.69, 9.17) is 5.11 Å². The molecule has 0 atom stereocenters. The Morgan fingerprint density at radius 3 is 2.24 bits per heavy atom. The van der Waals surface area contributed by atoms with Gasteiger partial charge in [-0.15, -0.1) is 0 Å². The molecule has 1 fully saturated rings. The Balaban J connectivity index is 1.43. The van der Waals surface area contributed by atoms with Crippen LogP contribution >= 0.6 is 0 Å². The van der Waals surface area contributed by atoms with E-state index in [0.717, 1.165) is 35.9 Å². The monoisotopic (exact) mass is 464 g/mol. The van der Waals surface area contributed by atoms with E-state index in [1.165, 1.54) is 0 Å². The minimum Gasteiger partial charge on any atom is -0.478 e. The number of sulfone groups is 1. The molecule has 1 aliphatic carbocycles. The van der Waals surface area contributed by atoms with Crippen LogP contribution in [0.2, 0.25) is 0 Å².